The van der Waals surface area contributed by atoms with E-state index in [-0.39, 0.29) is 12.4 Å². The molecule has 0 saturated carbocycles. The van der Waals surface area contributed by atoms with Gasteiger partial charge in [-0.25, -0.2) is 4.98 Å². The molecule has 0 atom stereocenters. The van der Waals surface area contributed by atoms with Crippen molar-refractivity contribution in [3.8, 4) is 0 Å². The number of aldehydes is 1. The molecule has 0 aliphatic carbocycles. The number of carbonyl (C=O) groups excluding carboxylic acids is 1. The van der Waals surface area contributed by atoms with Gasteiger partial charge in [-0.15, -0.1) is 12.4 Å². The number of halogens is 1. The minimum absolute atomic E-state index is 0. The van der Waals surface area contributed by atoms with Crippen LogP contribution in [-0.2, 0) is 0 Å². The molecule has 2 aromatic heterocycles. The first-order chi connectivity index (χ1) is 5.42. The van der Waals surface area contributed by atoms with Crippen molar-refractivity contribution in [1.82, 2.24) is 9.38 Å². The van der Waals surface area contributed by atoms with Crippen LogP contribution in [0.1, 0.15) is 10.5 Å². The van der Waals surface area contributed by atoms with E-state index in [1.165, 1.54) is 0 Å². The third-order valence-electron chi connectivity index (χ3n) is 1.57. The normalized spacial score (nSPS) is 9.33. The Morgan fingerprint density at radius 1 is 1.42 bits per heavy atom. The van der Waals surface area contributed by atoms with Gasteiger partial charge >= 0.3 is 0 Å². The minimum Gasteiger partial charge on any atom is -0.297 e. The Hall–Kier alpha value is -1.35. The van der Waals surface area contributed by atoms with Crippen molar-refractivity contribution in [3.05, 3.63) is 36.3 Å². The van der Waals surface area contributed by atoms with Crippen LogP contribution in [0.15, 0.2) is 30.6 Å². The summed E-state index contributed by atoms with van der Waals surface area (Å²) >= 11 is 0. The van der Waals surface area contributed by atoms with Gasteiger partial charge in [0.25, 0.3) is 0 Å². The summed E-state index contributed by atoms with van der Waals surface area (Å²) in [6, 6.07) is 5.60. The van der Waals surface area contributed by atoms with Gasteiger partial charge in [0, 0.05) is 6.20 Å². The first kappa shape index (κ1) is 8.74. The Morgan fingerprint density at radius 3 is 3.00 bits per heavy atom. The second-order valence-electron chi connectivity index (χ2n) is 2.23. The van der Waals surface area contributed by atoms with Gasteiger partial charge in [0.1, 0.15) is 11.3 Å². The van der Waals surface area contributed by atoms with Crippen LogP contribution < -0.4 is 0 Å². The molecule has 0 fully saturated rings. The van der Waals surface area contributed by atoms with Gasteiger partial charge in [-0.2, -0.15) is 0 Å². The Balaban J connectivity index is 0.000000720. The molecule has 0 N–H and O–H groups in total. The molecule has 0 spiro atoms. The molecular formula is C8H7ClN2O. The molecule has 12 heavy (non-hydrogen) atoms. The van der Waals surface area contributed by atoms with E-state index in [1.54, 1.807) is 10.6 Å². The maximum absolute atomic E-state index is 10.4. The van der Waals surface area contributed by atoms with Crippen molar-refractivity contribution < 1.29 is 4.79 Å². The van der Waals surface area contributed by atoms with E-state index in [4.69, 9.17) is 0 Å². The maximum Gasteiger partial charge on any atom is 0.168 e. The number of rotatable bonds is 1. The summed E-state index contributed by atoms with van der Waals surface area (Å²) in [6.07, 6.45) is 4.16. The lowest BCUT2D eigenvalue weighted by Crippen LogP contribution is -1.87. The molecule has 3 nitrogen and oxygen atoms in total. The molecule has 0 saturated heterocycles. The van der Waals surface area contributed by atoms with Gasteiger partial charge in [0.2, 0.25) is 0 Å². The highest BCUT2D eigenvalue weighted by Gasteiger charge is 1.97. The van der Waals surface area contributed by atoms with E-state index in [2.05, 4.69) is 4.98 Å². The van der Waals surface area contributed by atoms with E-state index >= 15 is 0 Å². The highest BCUT2D eigenvalue weighted by atomic mass is 35.5. The molecule has 0 aliphatic heterocycles. The lowest BCUT2D eigenvalue weighted by atomic mass is 10.4. The third-order valence-corrected chi connectivity index (χ3v) is 1.57. The molecule has 2 rings (SSSR count). The predicted octanol–water partition coefficient (Wildman–Crippen LogP) is 1.57. The molecule has 0 aromatic carbocycles. The number of nitrogens with zero attached hydrogens (tertiary/aromatic N) is 2. The van der Waals surface area contributed by atoms with E-state index in [1.807, 2.05) is 24.4 Å². The summed E-state index contributed by atoms with van der Waals surface area (Å²) < 4.78 is 1.74. The average molecular weight is 183 g/mol. The minimum atomic E-state index is 0. The largest absolute Gasteiger partial charge is 0.297 e. The number of carbonyl (C=O) groups is 1. The lowest BCUT2D eigenvalue weighted by molar-refractivity contribution is 0.111. The van der Waals surface area contributed by atoms with Crippen LogP contribution in [0.2, 0.25) is 0 Å². The number of hydrogen-bond acceptors (Lipinski definition) is 2. The molecule has 62 valence electrons. The Labute approximate surface area is 75.4 Å². The molecule has 0 unspecified atom stereocenters. The van der Waals surface area contributed by atoms with Gasteiger partial charge in [-0.1, -0.05) is 6.07 Å². The van der Waals surface area contributed by atoms with Crippen molar-refractivity contribution in [2.45, 2.75) is 0 Å². The van der Waals surface area contributed by atoms with Crippen LogP contribution in [-0.4, -0.2) is 15.7 Å². The number of imidazole rings is 1. The first-order valence-corrected chi connectivity index (χ1v) is 3.29. The zero-order valence-electron chi connectivity index (χ0n) is 6.18. The van der Waals surface area contributed by atoms with E-state index < -0.39 is 0 Å². The highest BCUT2D eigenvalue weighted by molar-refractivity contribution is 5.85. The number of aromatic nitrogens is 2. The summed E-state index contributed by atoms with van der Waals surface area (Å²) in [4.78, 5) is 14.4. The van der Waals surface area contributed by atoms with Crippen molar-refractivity contribution >= 4 is 24.3 Å². The van der Waals surface area contributed by atoms with Crippen LogP contribution in [0.4, 0.5) is 0 Å². The van der Waals surface area contributed by atoms with Crippen molar-refractivity contribution in [3.63, 3.8) is 0 Å². The SMILES string of the molecule is Cl.O=Cc1cnc2ccccn12. The Morgan fingerprint density at radius 2 is 2.25 bits per heavy atom. The Kier molecular flexibility index (Phi) is 2.45. The van der Waals surface area contributed by atoms with Gasteiger partial charge in [-0.3, -0.25) is 9.20 Å². The molecule has 2 aromatic rings. The predicted molar refractivity (Wildman–Crippen MR) is 47.8 cm³/mol. The highest BCUT2D eigenvalue weighted by Crippen LogP contribution is 2.02. The van der Waals surface area contributed by atoms with E-state index in [0.717, 1.165) is 11.9 Å². The molecular weight excluding hydrogens is 176 g/mol. The van der Waals surface area contributed by atoms with Crippen LogP contribution in [0.5, 0.6) is 0 Å². The summed E-state index contributed by atoms with van der Waals surface area (Å²) in [6.45, 7) is 0. The van der Waals surface area contributed by atoms with Crippen molar-refractivity contribution in [2.24, 2.45) is 0 Å². The second kappa shape index (κ2) is 3.36. The number of hydrogen-bond donors (Lipinski definition) is 0. The summed E-state index contributed by atoms with van der Waals surface area (Å²) in [5.41, 5.74) is 1.38. The van der Waals surface area contributed by atoms with Crippen molar-refractivity contribution in [2.75, 3.05) is 0 Å². The van der Waals surface area contributed by atoms with Crippen LogP contribution in [0, 0.1) is 0 Å². The number of fused-ring (bicyclic) bond motifs is 1. The summed E-state index contributed by atoms with van der Waals surface area (Å²) in [7, 11) is 0. The fraction of sp³-hybridized carbons (Fsp3) is 0. The smallest absolute Gasteiger partial charge is 0.168 e. The zero-order valence-corrected chi connectivity index (χ0v) is 6.99. The first-order valence-electron chi connectivity index (χ1n) is 3.29. The van der Waals surface area contributed by atoms with Crippen LogP contribution >= 0.6 is 12.4 Å². The Bertz CT molecular complexity index is 397. The monoisotopic (exact) mass is 182 g/mol. The van der Waals surface area contributed by atoms with Crippen LogP contribution in [0.25, 0.3) is 5.65 Å². The van der Waals surface area contributed by atoms with Gasteiger partial charge in [-0.05, 0) is 12.1 Å². The second-order valence-corrected chi connectivity index (χ2v) is 2.23. The lowest BCUT2D eigenvalue weighted by Gasteiger charge is -1.91. The molecule has 0 aliphatic rings. The summed E-state index contributed by atoms with van der Waals surface area (Å²) in [5.74, 6) is 0. The quantitative estimate of drug-likeness (QED) is 0.628. The molecule has 0 amide bonds. The van der Waals surface area contributed by atoms with Gasteiger partial charge in [0.05, 0.1) is 6.20 Å². The van der Waals surface area contributed by atoms with E-state index in [9.17, 15) is 4.79 Å². The van der Waals surface area contributed by atoms with Crippen molar-refractivity contribution in [1.29, 1.82) is 0 Å². The average Bonchev–Trinajstić information content (AvgIpc) is 2.47. The van der Waals surface area contributed by atoms with Gasteiger partial charge < -0.3 is 0 Å². The van der Waals surface area contributed by atoms with Gasteiger partial charge in [0.15, 0.2) is 6.29 Å². The van der Waals surface area contributed by atoms with Crippen LogP contribution in [0.3, 0.4) is 0 Å². The third kappa shape index (κ3) is 1.19. The molecule has 0 radical (unpaired) electrons. The standard InChI is InChI=1S/C8H6N2O.ClH/c11-6-7-5-9-8-3-1-2-4-10(7)8;/h1-6H;1H. The summed E-state index contributed by atoms with van der Waals surface area (Å²) in [5, 5.41) is 0. The topological polar surface area (TPSA) is 34.4 Å². The number of pyridine rings is 1. The zero-order chi connectivity index (χ0) is 7.68. The molecule has 0 bridgehead atoms. The fourth-order valence-corrected chi connectivity index (χ4v) is 1.04. The maximum atomic E-state index is 10.4. The molecule has 4 heteroatoms. The van der Waals surface area contributed by atoms with E-state index in [0.29, 0.717) is 5.69 Å². The fourth-order valence-electron chi connectivity index (χ4n) is 1.04. The molecule has 2 heterocycles.